The lowest BCUT2D eigenvalue weighted by Gasteiger charge is -2.31. The Balaban J connectivity index is 1.78. The molecular weight excluding hydrogens is 332 g/mol. The van der Waals surface area contributed by atoms with Crippen molar-refractivity contribution in [3.8, 4) is 0 Å². The molecule has 0 aromatic heterocycles. The van der Waals surface area contributed by atoms with E-state index in [1.165, 1.54) is 4.90 Å². The molecule has 2 atom stereocenters. The van der Waals surface area contributed by atoms with Crippen LogP contribution in [0.5, 0.6) is 0 Å². The Hall–Kier alpha value is -1.24. The largest absolute Gasteiger partial charge is 0.379 e. The van der Waals surface area contributed by atoms with Crippen molar-refractivity contribution in [1.29, 1.82) is 0 Å². The standard InChI is InChI=1S/C19H32N4OS/c1-4-20-19(21-14-16(2)23-10-12-24-13-11-23)22-15-17(3)25-18-8-6-5-7-9-18/h5-9,16-17H,4,10-15H2,1-3H3,(H2,20,21,22). The number of hydrogen-bond acceptors (Lipinski definition) is 4. The highest BCUT2D eigenvalue weighted by atomic mass is 32.2. The lowest BCUT2D eigenvalue weighted by atomic mass is 10.2. The number of benzene rings is 1. The van der Waals surface area contributed by atoms with Gasteiger partial charge in [-0.15, -0.1) is 11.8 Å². The van der Waals surface area contributed by atoms with E-state index >= 15 is 0 Å². The molecule has 1 aromatic carbocycles. The maximum absolute atomic E-state index is 5.42. The number of nitrogens with zero attached hydrogens (tertiary/aromatic N) is 2. The van der Waals surface area contributed by atoms with Crippen molar-refractivity contribution in [1.82, 2.24) is 15.5 Å². The summed E-state index contributed by atoms with van der Waals surface area (Å²) in [4.78, 5) is 8.52. The van der Waals surface area contributed by atoms with Crippen molar-refractivity contribution in [2.45, 2.75) is 37.0 Å². The first kappa shape index (κ1) is 20.1. The van der Waals surface area contributed by atoms with E-state index in [0.29, 0.717) is 11.3 Å². The second-order valence-corrected chi connectivity index (χ2v) is 7.85. The lowest BCUT2D eigenvalue weighted by molar-refractivity contribution is 0.0220. The van der Waals surface area contributed by atoms with Gasteiger partial charge in [-0.1, -0.05) is 25.1 Å². The molecule has 1 saturated heterocycles. The molecule has 0 radical (unpaired) electrons. The van der Waals surface area contributed by atoms with Gasteiger partial charge in [0.15, 0.2) is 5.96 Å². The lowest BCUT2D eigenvalue weighted by Crippen LogP contribution is -2.45. The monoisotopic (exact) mass is 364 g/mol. The molecule has 1 heterocycles. The Morgan fingerprint density at radius 3 is 2.60 bits per heavy atom. The number of hydrogen-bond donors (Lipinski definition) is 2. The molecule has 0 spiro atoms. The second-order valence-electron chi connectivity index (χ2n) is 6.34. The fourth-order valence-electron chi connectivity index (χ4n) is 2.71. The van der Waals surface area contributed by atoms with Gasteiger partial charge in [-0.05, 0) is 26.0 Å². The Kier molecular flexibility index (Phi) is 9.15. The van der Waals surface area contributed by atoms with E-state index in [-0.39, 0.29) is 0 Å². The van der Waals surface area contributed by atoms with Crippen LogP contribution in [0.25, 0.3) is 0 Å². The van der Waals surface area contributed by atoms with Gasteiger partial charge in [-0.3, -0.25) is 9.89 Å². The minimum absolute atomic E-state index is 0.440. The Labute approximate surface area is 156 Å². The Morgan fingerprint density at radius 1 is 1.20 bits per heavy atom. The van der Waals surface area contributed by atoms with Gasteiger partial charge in [0.1, 0.15) is 0 Å². The summed E-state index contributed by atoms with van der Waals surface area (Å²) in [6, 6.07) is 11.0. The van der Waals surface area contributed by atoms with Crippen molar-refractivity contribution < 1.29 is 4.74 Å². The maximum atomic E-state index is 5.42. The zero-order chi connectivity index (χ0) is 17.9. The van der Waals surface area contributed by atoms with Gasteiger partial charge in [0.05, 0.1) is 19.8 Å². The van der Waals surface area contributed by atoms with Crippen molar-refractivity contribution in [2.75, 3.05) is 45.9 Å². The molecule has 6 heteroatoms. The Morgan fingerprint density at radius 2 is 1.92 bits per heavy atom. The molecule has 0 bridgehead atoms. The van der Waals surface area contributed by atoms with Crippen LogP contribution >= 0.6 is 11.8 Å². The van der Waals surface area contributed by atoms with Gasteiger partial charge >= 0.3 is 0 Å². The zero-order valence-corrected chi connectivity index (χ0v) is 16.5. The predicted molar refractivity (Wildman–Crippen MR) is 108 cm³/mol. The van der Waals surface area contributed by atoms with Crippen LogP contribution in [0.15, 0.2) is 40.2 Å². The molecule has 1 fully saturated rings. The van der Waals surface area contributed by atoms with E-state index in [9.17, 15) is 0 Å². The Bertz CT molecular complexity index is 505. The molecule has 2 unspecified atom stereocenters. The van der Waals surface area contributed by atoms with Gasteiger partial charge in [-0.25, -0.2) is 0 Å². The number of morpholine rings is 1. The van der Waals surface area contributed by atoms with E-state index in [0.717, 1.165) is 51.9 Å². The molecule has 2 N–H and O–H groups in total. The van der Waals surface area contributed by atoms with E-state index < -0.39 is 0 Å². The first-order valence-corrected chi connectivity index (χ1v) is 10.1. The fraction of sp³-hybridized carbons (Fsp3) is 0.632. The maximum Gasteiger partial charge on any atom is 0.191 e. The van der Waals surface area contributed by atoms with Crippen LogP contribution in [0.2, 0.25) is 0 Å². The molecule has 140 valence electrons. The molecule has 2 rings (SSSR count). The fourth-order valence-corrected chi connectivity index (χ4v) is 3.66. The van der Waals surface area contributed by atoms with Gasteiger partial charge < -0.3 is 15.4 Å². The van der Waals surface area contributed by atoms with Crippen molar-refractivity contribution in [2.24, 2.45) is 4.99 Å². The van der Waals surface area contributed by atoms with Crippen molar-refractivity contribution >= 4 is 17.7 Å². The van der Waals surface area contributed by atoms with Crippen molar-refractivity contribution in [3.05, 3.63) is 30.3 Å². The summed E-state index contributed by atoms with van der Waals surface area (Å²) < 4.78 is 5.42. The highest BCUT2D eigenvalue weighted by Gasteiger charge is 2.16. The molecule has 1 aromatic rings. The highest BCUT2D eigenvalue weighted by molar-refractivity contribution is 8.00. The summed E-state index contributed by atoms with van der Waals surface area (Å²) in [5.41, 5.74) is 0. The minimum atomic E-state index is 0.440. The third kappa shape index (κ3) is 7.67. The summed E-state index contributed by atoms with van der Waals surface area (Å²) in [5, 5.41) is 7.30. The van der Waals surface area contributed by atoms with E-state index in [1.54, 1.807) is 0 Å². The number of nitrogens with one attached hydrogen (secondary N) is 2. The molecule has 0 aliphatic carbocycles. The van der Waals surface area contributed by atoms with Gasteiger partial charge in [-0.2, -0.15) is 0 Å². The molecule has 5 nitrogen and oxygen atoms in total. The first-order chi connectivity index (χ1) is 12.2. The van der Waals surface area contributed by atoms with E-state index in [4.69, 9.17) is 9.73 Å². The average Bonchev–Trinajstić information content (AvgIpc) is 2.65. The molecule has 25 heavy (non-hydrogen) atoms. The van der Waals surface area contributed by atoms with E-state index in [1.807, 2.05) is 11.8 Å². The predicted octanol–water partition coefficient (Wildman–Crippen LogP) is 2.44. The van der Waals surface area contributed by atoms with Crippen LogP contribution in [0, 0.1) is 0 Å². The number of guanidine groups is 1. The highest BCUT2D eigenvalue weighted by Crippen LogP contribution is 2.21. The molecule has 1 aliphatic rings. The quantitative estimate of drug-likeness (QED) is 0.422. The molecular formula is C19H32N4OS. The van der Waals surface area contributed by atoms with Gasteiger partial charge in [0.25, 0.3) is 0 Å². The van der Waals surface area contributed by atoms with Crippen molar-refractivity contribution in [3.63, 3.8) is 0 Å². The third-order valence-corrected chi connectivity index (χ3v) is 5.28. The van der Waals surface area contributed by atoms with Gasteiger partial charge in [0.2, 0.25) is 0 Å². The number of thioether (sulfide) groups is 1. The summed E-state index contributed by atoms with van der Waals surface area (Å²) in [6.45, 7) is 12.8. The van der Waals surface area contributed by atoms with Crippen LogP contribution < -0.4 is 10.6 Å². The molecule has 0 amide bonds. The van der Waals surface area contributed by atoms with Crippen LogP contribution in [-0.4, -0.2) is 68.1 Å². The summed E-state index contributed by atoms with van der Waals surface area (Å²) in [6.07, 6.45) is 0. The van der Waals surface area contributed by atoms with E-state index in [2.05, 4.69) is 66.6 Å². The first-order valence-electron chi connectivity index (χ1n) is 9.24. The normalized spacial score (nSPS) is 18.6. The zero-order valence-electron chi connectivity index (χ0n) is 15.7. The van der Waals surface area contributed by atoms with Crippen LogP contribution in [0.3, 0.4) is 0 Å². The number of ether oxygens (including phenoxy) is 1. The topological polar surface area (TPSA) is 48.9 Å². The second kappa shape index (κ2) is 11.4. The van der Waals surface area contributed by atoms with Crippen LogP contribution in [-0.2, 0) is 4.74 Å². The smallest absolute Gasteiger partial charge is 0.191 e. The average molecular weight is 365 g/mol. The summed E-state index contributed by atoms with van der Waals surface area (Å²) >= 11 is 1.88. The summed E-state index contributed by atoms with van der Waals surface area (Å²) in [5.74, 6) is 0.906. The van der Waals surface area contributed by atoms with Crippen LogP contribution in [0.4, 0.5) is 0 Å². The molecule has 0 saturated carbocycles. The molecule has 1 aliphatic heterocycles. The van der Waals surface area contributed by atoms with Crippen LogP contribution in [0.1, 0.15) is 20.8 Å². The SMILES string of the molecule is CCNC(=NCC(C)N1CCOCC1)NCC(C)Sc1ccccc1. The summed E-state index contributed by atoms with van der Waals surface area (Å²) in [7, 11) is 0. The minimum Gasteiger partial charge on any atom is -0.379 e. The number of aliphatic imine (C=N–C) groups is 1. The third-order valence-electron chi connectivity index (χ3n) is 4.16. The van der Waals surface area contributed by atoms with Gasteiger partial charge in [0, 0.05) is 42.4 Å². The number of rotatable bonds is 8.